The van der Waals surface area contributed by atoms with Crippen LogP contribution >= 0.6 is 0 Å². The van der Waals surface area contributed by atoms with E-state index < -0.39 is 10.0 Å². The molecule has 130 valence electrons. The van der Waals surface area contributed by atoms with Gasteiger partial charge in [0.25, 0.3) is 0 Å². The summed E-state index contributed by atoms with van der Waals surface area (Å²) < 4.78 is 22.4. The van der Waals surface area contributed by atoms with Crippen molar-refractivity contribution < 1.29 is 8.42 Å². The summed E-state index contributed by atoms with van der Waals surface area (Å²) in [6, 6.07) is 6.78. The summed E-state index contributed by atoms with van der Waals surface area (Å²) in [5.74, 6) is 1.13. The highest BCUT2D eigenvalue weighted by Crippen LogP contribution is 2.10. The molecule has 0 amide bonds. The Morgan fingerprint density at radius 3 is 2.58 bits per heavy atom. The molecule has 0 saturated heterocycles. The maximum atomic E-state index is 11.2. The standard InChI is InChI=1S/C15H22N6O2S/c1-3-11(2)19-15-20-14(10-18-21-15)17-9-8-12-4-6-13(7-5-12)24(16,22)23/h4-7,10-11H,3,8-9H2,1-2H3,(H2,16,22,23)(H2,17,19,20,21). The number of anilines is 2. The zero-order valence-electron chi connectivity index (χ0n) is 13.7. The molecule has 1 aromatic carbocycles. The highest BCUT2D eigenvalue weighted by atomic mass is 32.2. The molecule has 1 heterocycles. The smallest absolute Gasteiger partial charge is 0.244 e. The van der Waals surface area contributed by atoms with Gasteiger partial charge in [-0.05, 0) is 37.5 Å². The molecule has 1 atom stereocenters. The Balaban J connectivity index is 1.89. The predicted octanol–water partition coefficient (Wildman–Crippen LogP) is 1.38. The van der Waals surface area contributed by atoms with Crippen LogP contribution in [-0.2, 0) is 16.4 Å². The van der Waals surface area contributed by atoms with Crippen molar-refractivity contribution in [2.24, 2.45) is 5.14 Å². The maximum Gasteiger partial charge on any atom is 0.244 e. The molecule has 0 radical (unpaired) electrons. The van der Waals surface area contributed by atoms with Crippen LogP contribution in [0.2, 0.25) is 0 Å². The summed E-state index contributed by atoms with van der Waals surface area (Å²) in [6.45, 7) is 4.76. The highest BCUT2D eigenvalue weighted by molar-refractivity contribution is 7.89. The van der Waals surface area contributed by atoms with E-state index in [1.807, 2.05) is 0 Å². The lowest BCUT2D eigenvalue weighted by atomic mass is 10.1. The lowest BCUT2D eigenvalue weighted by Crippen LogP contribution is -2.17. The van der Waals surface area contributed by atoms with Gasteiger partial charge >= 0.3 is 0 Å². The van der Waals surface area contributed by atoms with Crippen molar-refractivity contribution in [2.75, 3.05) is 17.2 Å². The van der Waals surface area contributed by atoms with Crippen LogP contribution in [0.1, 0.15) is 25.8 Å². The Labute approximate surface area is 142 Å². The molecule has 2 aromatic rings. The highest BCUT2D eigenvalue weighted by Gasteiger charge is 2.07. The summed E-state index contributed by atoms with van der Waals surface area (Å²) >= 11 is 0. The Morgan fingerprint density at radius 1 is 1.25 bits per heavy atom. The minimum Gasteiger partial charge on any atom is -0.368 e. The van der Waals surface area contributed by atoms with Crippen molar-refractivity contribution in [1.29, 1.82) is 0 Å². The SMILES string of the molecule is CCC(C)Nc1nncc(NCCc2ccc(S(N)(=O)=O)cc2)n1. The molecular weight excluding hydrogens is 328 g/mol. The van der Waals surface area contributed by atoms with Gasteiger partial charge in [-0.2, -0.15) is 10.1 Å². The van der Waals surface area contributed by atoms with Gasteiger partial charge in [-0.15, -0.1) is 5.10 Å². The number of hydrogen-bond donors (Lipinski definition) is 3. The first-order chi connectivity index (χ1) is 11.4. The molecule has 0 aliphatic carbocycles. The number of rotatable bonds is 8. The molecule has 4 N–H and O–H groups in total. The average molecular weight is 350 g/mol. The van der Waals surface area contributed by atoms with E-state index in [0.29, 0.717) is 24.7 Å². The third-order valence-electron chi connectivity index (χ3n) is 3.52. The largest absolute Gasteiger partial charge is 0.368 e. The van der Waals surface area contributed by atoms with Gasteiger partial charge in [-0.25, -0.2) is 13.6 Å². The summed E-state index contributed by atoms with van der Waals surface area (Å²) in [5, 5.41) is 19.3. The molecule has 2 rings (SSSR count). The molecule has 1 unspecified atom stereocenters. The van der Waals surface area contributed by atoms with Gasteiger partial charge in [-0.1, -0.05) is 19.1 Å². The Morgan fingerprint density at radius 2 is 1.96 bits per heavy atom. The molecule has 0 spiro atoms. The van der Waals surface area contributed by atoms with E-state index in [2.05, 4.69) is 39.7 Å². The molecule has 1 aromatic heterocycles. The molecule has 0 fully saturated rings. The lowest BCUT2D eigenvalue weighted by molar-refractivity contribution is 0.598. The van der Waals surface area contributed by atoms with Gasteiger partial charge in [0.05, 0.1) is 11.1 Å². The summed E-state index contributed by atoms with van der Waals surface area (Å²) in [6.07, 6.45) is 3.24. The fourth-order valence-corrected chi connectivity index (χ4v) is 2.47. The van der Waals surface area contributed by atoms with Gasteiger partial charge < -0.3 is 10.6 Å². The van der Waals surface area contributed by atoms with Crippen molar-refractivity contribution in [2.45, 2.75) is 37.6 Å². The van der Waals surface area contributed by atoms with Crippen LogP contribution in [0.3, 0.4) is 0 Å². The van der Waals surface area contributed by atoms with E-state index >= 15 is 0 Å². The van der Waals surface area contributed by atoms with Crippen molar-refractivity contribution in [1.82, 2.24) is 15.2 Å². The van der Waals surface area contributed by atoms with Crippen LogP contribution < -0.4 is 15.8 Å². The van der Waals surface area contributed by atoms with E-state index in [9.17, 15) is 8.42 Å². The molecule has 0 saturated carbocycles. The van der Waals surface area contributed by atoms with Crippen LogP contribution in [0, 0.1) is 0 Å². The monoisotopic (exact) mass is 350 g/mol. The Hall–Kier alpha value is -2.26. The van der Waals surface area contributed by atoms with Gasteiger partial charge in [0.1, 0.15) is 0 Å². The minimum atomic E-state index is -3.65. The first kappa shape index (κ1) is 18.1. The van der Waals surface area contributed by atoms with E-state index in [1.54, 1.807) is 18.3 Å². The topological polar surface area (TPSA) is 123 Å². The van der Waals surface area contributed by atoms with Crippen molar-refractivity contribution in [3.63, 3.8) is 0 Å². The molecule has 24 heavy (non-hydrogen) atoms. The second kappa shape index (κ2) is 8.02. The Bertz CT molecular complexity index is 764. The van der Waals surface area contributed by atoms with E-state index in [0.717, 1.165) is 12.0 Å². The fraction of sp³-hybridized carbons (Fsp3) is 0.400. The van der Waals surface area contributed by atoms with Crippen LogP contribution in [-0.4, -0.2) is 36.2 Å². The number of hydrogen-bond acceptors (Lipinski definition) is 7. The number of nitrogens with one attached hydrogen (secondary N) is 2. The van der Waals surface area contributed by atoms with Crippen LogP contribution in [0.25, 0.3) is 0 Å². The number of aromatic nitrogens is 3. The number of sulfonamides is 1. The number of primary sulfonamides is 1. The zero-order chi connectivity index (χ0) is 17.6. The summed E-state index contributed by atoms with van der Waals surface area (Å²) in [7, 11) is -3.65. The van der Waals surface area contributed by atoms with Crippen molar-refractivity contribution in [3.8, 4) is 0 Å². The van der Waals surface area contributed by atoms with Gasteiger partial charge in [-0.3, -0.25) is 0 Å². The third-order valence-corrected chi connectivity index (χ3v) is 4.45. The first-order valence-electron chi connectivity index (χ1n) is 7.70. The average Bonchev–Trinajstić information content (AvgIpc) is 2.55. The van der Waals surface area contributed by atoms with Crippen LogP contribution in [0.15, 0.2) is 35.4 Å². The van der Waals surface area contributed by atoms with E-state index in [1.165, 1.54) is 12.1 Å². The Kier molecular flexibility index (Phi) is 6.04. The third kappa shape index (κ3) is 5.43. The van der Waals surface area contributed by atoms with Crippen LogP contribution in [0.5, 0.6) is 0 Å². The molecule has 0 aliphatic heterocycles. The van der Waals surface area contributed by atoms with Gasteiger partial charge in [0.2, 0.25) is 16.0 Å². The fourth-order valence-electron chi connectivity index (χ4n) is 1.95. The molecule has 0 bridgehead atoms. The summed E-state index contributed by atoms with van der Waals surface area (Å²) in [4.78, 5) is 4.46. The number of benzene rings is 1. The van der Waals surface area contributed by atoms with Crippen LogP contribution in [0.4, 0.5) is 11.8 Å². The number of nitrogens with two attached hydrogens (primary N) is 1. The molecule has 8 nitrogen and oxygen atoms in total. The molecule has 0 aliphatic rings. The van der Waals surface area contributed by atoms with E-state index in [4.69, 9.17) is 5.14 Å². The predicted molar refractivity (Wildman–Crippen MR) is 93.2 cm³/mol. The minimum absolute atomic E-state index is 0.111. The second-order valence-corrected chi connectivity index (χ2v) is 7.05. The number of nitrogens with zero attached hydrogens (tertiary/aromatic N) is 3. The lowest BCUT2D eigenvalue weighted by Gasteiger charge is -2.11. The second-order valence-electron chi connectivity index (χ2n) is 5.48. The van der Waals surface area contributed by atoms with Gasteiger partial charge in [0.15, 0.2) is 5.82 Å². The van der Waals surface area contributed by atoms with Gasteiger partial charge in [0, 0.05) is 12.6 Å². The first-order valence-corrected chi connectivity index (χ1v) is 9.25. The van der Waals surface area contributed by atoms with Crippen molar-refractivity contribution >= 4 is 21.8 Å². The maximum absolute atomic E-state index is 11.2. The quantitative estimate of drug-likeness (QED) is 0.657. The molecule has 9 heteroatoms. The zero-order valence-corrected chi connectivity index (χ0v) is 14.5. The van der Waals surface area contributed by atoms with E-state index in [-0.39, 0.29) is 10.9 Å². The molecular formula is C15H22N6O2S. The van der Waals surface area contributed by atoms with Crippen molar-refractivity contribution in [3.05, 3.63) is 36.0 Å². The summed E-state index contributed by atoms with van der Waals surface area (Å²) in [5.41, 5.74) is 0.995. The normalized spacial score (nSPS) is 12.6.